The summed E-state index contributed by atoms with van der Waals surface area (Å²) in [6, 6.07) is 9.96. The first-order chi connectivity index (χ1) is 10.0. The fourth-order valence-electron chi connectivity index (χ4n) is 2.13. The van der Waals surface area contributed by atoms with Crippen LogP contribution in [0.1, 0.15) is 16.8 Å². The van der Waals surface area contributed by atoms with Crippen LogP contribution < -0.4 is 0 Å². The number of imidazole rings is 1. The van der Waals surface area contributed by atoms with Crippen LogP contribution in [0.3, 0.4) is 0 Å². The van der Waals surface area contributed by atoms with E-state index >= 15 is 0 Å². The highest BCUT2D eigenvalue weighted by molar-refractivity contribution is 9.10. The zero-order chi connectivity index (χ0) is 15.0. The van der Waals surface area contributed by atoms with Gasteiger partial charge in [0.15, 0.2) is 5.82 Å². The fraction of sp³-hybridized carbons (Fsp3) is 0.188. The average Bonchev–Trinajstić information content (AvgIpc) is 2.75. The number of hydrogen-bond donors (Lipinski definition) is 0. The molecule has 0 aliphatic heterocycles. The number of hydrogen-bond acceptors (Lipinski definition) is 3. The van der Waals surface area contributed by atoms with Gasteiger partial charge in [-0.3, -0.25) is 4.40 Å². The average molecular weight is 343 g/mol. The van der Waals surface area contributed by atoms with E-state index in [9.17, 15) is 0 Å². The SMILES string of the molecule is Cc1ccc2nc(C)c(N=Nc3ccc(C)c(Br)c3)n2c1. The summed E-state index contributed by atoms with van der Waals surface area (Å²) in [7, 11) is 0. The molecule has 1 aromatic carbocycles. The maximum Gasteiger partial charge on any atom is 0.182 e. The van der Waals surface area contributed by atoms with Crippen LogP contribution in [0.15, 0.2) is 51.2 Å². The molecule has 0 aliphatic carbocycles. The standard InChI is InChI=1S/C16H15BrN4/c1-10-4-7-15-18-12(3)16(21(15)9-10)20-19-13-6-5-11(2)14(17)8-13/h4-9H,1-3H3. The van der Waals surface area contributed by atoms with Gasteiger partial charge < -0.3 is 0 Å². The Kier molecular flexibility index (Phi) is 3.59. The fourth-order valence-corrected chi connectivity index (χ4v) is 2.49. The molecule has 21 heavy (non-hydrogen) atoms. The molecule has 4 nitrogen and oxygen atoms in total. The van der Waals surface area contributed by atoms with Gasteiger partial charge in [-0.25, -0.2) is 4.98 Å². The van der Waals surface area contributed by atoms with Gasteiger partial charge in [-0.1, -0.05) is 28.1 Å². The molecule has 0 fully saturated rings. The van der Waals surface area contributed by atoms with Gasteiger partial charge in [0.25, 0.3) is 0 Å². The summed E-state index contributed by atoms with van der Waals surface area (Å²) < 4.78 is 3.00. The van der Waals surface area contributed by atoms with E-state index < -0.39 is 0 Å². The first kappa shape index (κ1) is 13.9. The van der Waals surface area contributed by atoms with E-state index in [0.29, 0.717) is 0 Å². The van der Waals surface area contributed by atoms with E-state index in [-0.39, 0.29) is 0 Å². The predicted octanol–water partition coefficient (Wildman–Crippen LogP) is 5.44. The molecule has 2 aromatic heterocycles. The van der Waals surface area contributed by atoms with Crippen LogP contribution in [0.2, 0.25) is 0 Å². The Morgan fingerprint density at radius 1 is 1.05 bits per heavy atom. The Morgan fingerprint density at radius 2 is 1.86 bits per heavy atom. The minimum Gasteiger partial charge on any atom is -0.283 e. The second-order valence-electron chi connectivity index (χ2n) is 5.09. The van der Waals surface area contributed by atoms with Gasteiger partial charge in [-0.15, -0.1) is 10.2 Å². The maximum atomic E-state index is 4.50. The third kappa shape index (κ3) is 2.74. The zero-order valence-electron chi connectivity index (χ0n) is 12.1. The number of pyridine rings is 1. The van der Waals surface area contributed by atoms with Crippen molar-refractivity contribution in [3.63, 3.8) is 0 Å². The summed E-state index contributed by atoms with van der Waals surface area (Å²) in [6.07, 6.45) is 2.02. The Morgan fingerprint density at radius 3 is 2.62 bits per heavy atom. The lowest BCUT2D eigenvalue weighted by molar-refractivity contribution is 1.08. The molecule has 0 bridgehead atoms. The third-order valence-electron chi connectivity index (χ3n) is 3.32. The molecule has 2 heterocycles. The van der Waals surface area contributed by atoms with E-state index in [1.165, 1.54) is 5.56 Å². The van der Waals surface area contributed by atoms with Crippen LogP contribution in [0.4, 0.5) is 11.5 Å². The Bertz CT molecular complexity index is 849. The van der Waals surface area contributed by atoms with E-state index in [0.717, 1.165) is 32.9 Å². The summed E-state index contributed by atoms with van der Waals surface area (Å²) in [4.78, 5) is 4.50. The van der Waals surface area contributed by atoms with Gasteiger partial charge >= 0.3 is 0 Å². The van der Waals surface area contributed by atoms with E-state index in [1.54, 1.807) is 0 Å². The highest BCUT2D eigenvalue weighted by Crippen LogP contribution is 2.26. The van der Waals surface area contributed by atoms with Crippen molar-refractivity contribution in [2.75, 3.05) is 0 Å². The molecule has 0 spiro atoms. The molecule has 0 amide bonds. The van der Waals surface area contributed by atoms with Crippen LogP contribution in [0.5, 0.6) is 0 Å². The molecule has 3 aromatic rings. The van der Waals surface area contributed by atoms with Crippen LogP contribution in [-0.4, -0.2) is 9.38 Å². The molecule has 3 rings (SSSR count). The molecule has 0 radical (unpaired) electrons. The van der Waals surface area contributed by atoms with Crippen molar-refractivity contribution in [3.05, 3.63) is 57.8 Å². The topological polar surface area (TPSA) is 42.0 Å². The van der Waals surface area contributed by atoms with Crippen LogP contribution in [0.25, 0.3) is 5.65 Å². The normalized spacial score (nSPS) is 11.6. The van der Waals surface area contributed by atoms with Crippen molar-refractivity contribution in [2.45, 2.75) is 20.8 Å². The first-order valence-corrected chi connectivity index (χ1v) is 7.47. The largest absolute Gasteiger partial charge is 0.283 e. The van der Waals surface area contributed by atoms with Crippen molar-refractivity contribution in [1.82, 2.24) is 9.38 Å². The first-order valence-electron chi connectivity index (χ1n) is 6.68. The molecule has 0 unspecified atom stereocenters. The smallest absolute Gasteiger partial charge is 0.182 e. The van der Waals surface area contributed by atoms with Gasteiger partial charge in [0.05, 0.1) is 11.4 Å². The Labute approximate surface area is 131 Å². The molecule has 0 aliphatic rings. The lowest BCUT2D eigenvalue weighted by atomic mass is 10.2. The molecular weight excluding hydrogens is 328 g/mol. The van der Waals surface area contributed by atoms with Crippen molar-refractivity contribution >= 4 is 33.1 Å². The highest BCUT2D eigenvalue weighted by Gasteiger charge is 2.07. The van der Waals surface area contributed by atoms with Crippen molar-refractivity contribution < 1.29 is 0 Å². The number of halogens is 1. The summed E-state index contributed by atoms with van der Waals surface area (Å²) in [5.41, 5.74) is 4.91. The number of fused-ring (bicyclic) bond motifs is 1. The molecule has 0 atom stereocenters. The number of nitrogens with zero attached hydrogens (tertiary/aromatic N) is 4. The van der Waals surface area contributed by atoms with Gasteiger partial charge in [0.1, 0.15) is 5.65 Å². The van der Waals surface area contributed by atoms with E-state index in [2.05, 4.69) is 31.1 Å². The minimum atomic E-state index is 0.769. The quantitative estimate of drug-likeness (QED) is 0.572. The lowest BCUT2D eigenvalue weighted by Crippen LogP contribution is -1.84. The summed E-state index contributed by atoms with van der Waals surface area (Å²) >= 11 is 3.51. The van der Waals surface area contributed by atoms with Gasteiger partial charge in [0.2, 0.25) is 0 Å². The lowest BCUT2D eigenvalue weighted by Gasteiger charge is -2.00. The van der Waals surface area contributed by atoms with Crippen LogP contribution >= 0.6 is 15.9 Å². The number of aromatic nitrogens is 2. The minimum absolute atomic E-state index is 0.769. The van der Waals surface area contributed by atoms with Crippen LogP contribution in [0, 0.1) is 20.8 Å². The van der Waals surface area contributed by atoms with Gasteiger partial charge in [-0.2, -0.15) is 0 Å². The molecule has 0 saturated carbocycles. The molecule has 0 N–H and O–H groups in total. The van der Waals surface area contributed by atoms with Crippen molar-refractivity contribution in [1.29, 1.82) is 0 Å². The van der Waals surface area contributed by atoms with Gasteiger partial charge in [-0.05, 0) is 50.1 Å². The van der Waals surface area contributed by atoms with Crippen molar-refractivity contribution in [3.8, 4) is 0 Å². The molecule has 0 saturated heterocycles. The van der Waals surface area contributed by atoms with Crippen LogP contribution in [-0.2, 0) is 0 Å². The second-order valence-corrected chi connectivity index (χ2v) is 5.94. The summed E-state index contributed by atoms with van der Waals surface area (Å²) in [5.74, 6) is 0.769. The van der Waals surface area contributed by atoms with Gasteiger partial charge in [0, 0.05) is 10.7 Å². The zero-order valence-corrected chi connectivity index (χ0v) is 13.7. The predicted molar refractivity (Wildman–Crippen MR) is 87.7 cm³/mol. The summed E-state index contributed by atoms with van der Waals surface area (Å²) in [5, 5.41) is 8.71. The number of azo groups is 1. The van der Waals surface area contributed by atoms with Crippen molar-refractivity contribution in [2.24, 2.45) is 10.2 Å². The molecular formula is C16H15BrN4. The second kappa shape index (κ2) is 5.41. The summed E-state index contributed by atoms with van der Waals surface area (Å²) in [6.45, 7) is 6.04. The Hall–Kier alpha value is -2.01. The maximum absolute atomic E-state index is 4.50. The number of rotatable bonds is 2. The molecule has 106 valence electrons. The third-order valence-corrected chi connectivity index (χ3v) is 4.18. The number of benzene rings is 1. The van der Waals surface area contributed by atoms with E-state index in [4.69, 9.17) is 0 Å². The molecule has 5 heteroatoms. The number of aryl methyl sites for hydroxylation is 3. The van der Waals surface area contributed by atoms with E-state index in [1.807, 2.05) is 61.7 Å². The Balaban J connectivity index is 2.04. The monoisotopic (exact) mass is 342 g/mol. The highest BCUT2D eigenvalue weighted by atomic mass is 79.9.